The summed E-state index contributed by atoms with van der Waals surface area (Å²) in [5, 5.41) is 11.3. The molecular weight excluding hydrogens is 290 g/mol. The number of hydrogen-bond donors (Lipinski definition) is 2. The van der Waals surface area contributed by atoms with Gasteiger partial charge in [-0.3, -0.25) is 9.59 Å². The van der Waals surface area contributed by atoms with E-state index in [1.54, 1.807) is 12.1 Å². The van der Waals surface area contributed by atoms with E-state index in [4.69, 9.17) is 9.84 Å². The molecule has 0 fully saturated rings. The van der Waals surface area contributed by atoms with Crippen molar-refractivity contribution in [2.24, 2.45) is 0 Å². The molecule has 7 heteroatoms. The summed E-state index contributed by atoms with van der Waals surface area (Å²) in [7, 11) is 1.25. The highest BCUT2D eigenvalue weighted by Crippen LogP contribution is 2.05. The largest absolute Gasteiger partial charge is 0.481 e. The Morgan fingerprint density at radius 1 is 1.23 bits per heavy atom. The SMILES string of the molecule is COC(=O)CC[C@@H](CC(=O)O)NC(=O)OCc1ccccc1. The van der Waals surface area contributed by atoms with Gasteiger partial charge in [0.2, 0.25) is 0 Å². The first-order valence-corrected chi connectivity index (χ1v) is 6.77. The van der Waals surface area contributed by atoms with E-state index < -0.39 is 24.1 Å². The number of carboxylic acid groups (broad SMARTS) is 1. The highest BCUT2D eigenvalue weighted by atomic mass is 16.5. The summed E-state index contributed by atoms with van der Waals surface area (Å²) in [4.78, 5) is 33.5. The third-order valence-electron chi connectivity index (χ3n) is 2.88. The third kappa shape index (κ3) is 7.28. The van der Waals surface area contributed by atoms with Crippen LogP contribution in [0.15, 0.2) is 30.3 Å². The van der Waals surface area contributed by atoms with E-state index >= 15 is 0 Å². The van der Waals surface area contributed by atoms with Crippen LogP contribution in [0.3, 0.4) is 0 Å². The van der Waals surface area contributed by atoms with Gasteiger partial charge in [-0.25, -0.2) is 4.79 Å². The van der Waals surface area contributed by atoms with E-state index in [1.807, 2.05) is 18.2 Å². The molecule has 0 saturated heterocycles. The number of nitrogens with one attached hydrogen (secondary N) is 1. The molecule has 120 valence electrons. The second kappa shape index (κ2) is 9.38. The Kier molecular flexibility index (Phi) is 7.45. The van der Waals surface area contributed by atoms with Gasteiger partial charge in [0.05, 0.1) is 13.5 Å². The predicted octanol–water partition coefficient (Wildman–Crippen LogP) is 1.71. The molecule has 0 spiro atoms. The minimum absolute atomic E-state index is 0.0212. The number of esters is 1. The van der Waals surface area contributed by atoms with E-state index in [2.05, 4.69) is 10.1 Å². The minimum Gasteiger partial charge on any atom is -0.481 e. The van der Waals surface area contributed by atoms with Crippen molar-refractivity contribution in [2.75, 3.05) is 7.11 Å². The fourth-order valence-electron chi connectivity index (χ4n) is 1.76. The molecule has 1 rings (SSSR count). The number of amides is 1. The van der Waals surface area contributed by atoms with Crippen molar-refractivity contribution in [1.29, 1.82) is 0 Å². The molecule has 1 atom stereocenters. The highest BCUT2D eigenvalue weighted by molar-refractivity contribution is 5.72. The molecule has 0 saturated carbocycles. The monoisotopic (exact) mass is 309 g/mol. The molecule has 7 nitrogen and oxygen atoms in total. The van der Waals surface area contributed by atoms with Crippen molar-refractivity contribution in [2.45, 2.75) is 31.9 Å². The molecule has 0 aliphatic rings. The van der Waals surface area contributed by atoms with Crippen LogP contribution in [-0.4, -0.2) is 36.3 Å². The quantitative estimate of drug-likeness (QED) is 0.709. The third-order valence-corrected chi connectivity index (χ3v) is 2.88. The Hall–Kier alpha value is -2.57. The van der Waals surface area contributed by atoms with Crippen LogP contribution in [0, 0.1) is 0 Å². The first-order chi connectivity index (χ1) is 10.5. The molecule has 1 aromatic carbocycles. The number of ether oxygens (including phenoxy) is 2. The summed E-state index contributed by atoms with van der Waals surface area (Å²) < 4.78 is 9.50. The van der Waals surface area contributed by atoms with Crippen LogP contribution in [0.2, 0.25) is 0 Å². The average molecular weight is 309 g/mol. The fraction of sp³-hybridized carbons (Fsp3) is 0.400. The van der Waals surface area contributed by atoms with E-state index in [0.717, 1.165) is 5.56 Å². The van der Waals surface area contributed by atoms with Crippen molar-refractivity contribution in [3.63, 3.8) is 0 Å². The van der Waals surface area contributed by atoms with Crippen LogP contribution in [0.25, 0.3) is 0 Å². The van der Waals surface area contributed by atoms with Gasteiger partial charge in [0.15, 0.2) is 0 Å². The lowest BCUT2D eigenvalue weighted by atomic mass is 10.1. The van der Waals surface area contributed by atoms with Crippen LogP contribution in [0.5, 0.6) is 0 Å². The van der Waals surface area contributed by atoms with E-state index in [9.17, 15) is 14.4 Å². The zero-order chi connectivity index (χ0) is 16.4. The predicted molar refractivity (Wildman–Crippen MR) is 77.1 cm³/mol. The van der Waals surface area contributed by atoms with E-state index in [-0.39, 0.29) is 25.9 Å². The number of methoxy groups -OCH3 is 1. The standard InChI is InChI=1S/C15H19NO6/c1-21-14(19)8-7-12(9-13(17)18)16-15(20)22-10-11-5-3-2-4-6-11/h2-6,12H,7-10H2,1H3,(H,16,20)(H,17,18)/t12-/m0/s1. The van der Waals surface area contributed by atoms with Gasteiger partial charge in [0.1, 0.15) is 6.61 Å². The first kappa shape index (κ1) is 17.5. The molecule has 1 amide bonds. The lowest BCUT2D eigenvalue weighted by molar-refractivity contribution is -0.142. The number of benzene rings is 1. The topological polar surface area (TPSA) is 102 Å². The Bertz CT molecular complexity index is 502. The average Bonchev–Trinajstić information content (AvgIpc) is 2.50. The molecule has 2 N–H and O–H groups in total. The lowest BCUT2D eigenvalue weighted by Gasteiger charge is -2.16. The normalized spacial score (nSPS) is 11.3. The molecule has 22 heavy (non-hydrogen) atoms. The van der Waals surface area contributed by atoms with Gasteiger partial charge in [0.25, 0.3) is 0 Å². The number of rotatable bonds is 8. The van der Waals surface area contributed by atoms with Crippen molar-refractivity contribution >= 4 is 18.0 Å². The van der Waals surface area contributed by atoms with Gasteiger partial charge in [-0.15, -0.1) is 0 Å². The fourth-order valence-corrected chi connectivity index (χ4v) is 1.76. The summed E-state index contributed by atoms with van der Waals surface area (Å²) in [5.74, 6) is -1.53. The lowest BCUT2D eigenvalue weighted by Crippen LogP contribution is -2.37. The number of aliphatic carboxylic acids is 1. The molecule has 0 unspecified atom stereocenters. The van der Waals surface area contributed by atoms with Crippen LogP contribution in [-0.2, 0) is 25.7 Å². The van der Waals surface area contributed by atoms with Gasteiger partial charge in [-0.1, -0.05) is 30.3 Å². The van der Waals surface area contributed by atoms with Crippen molar-refractivity contribution in [1.82, 2.24) is 5.32 Å². The Morgan fingerprint density at radius 2 is 1.91 bits per heavy atom. The van der Waals surface area contributed by atoms with Crippen LogP contribution in [0.4, 0.5) is 4.79 Å². The summed E-state index contributed by atoms with van der Waals surface area (Å²) in [6, 6.07) is 8.40. The summed E-state index contributed by atoms with van der Waals surface area (Å²) in [5.41, 5.74) is 0.821. The number of carbonyl (C=O) groups is 3. The molecule has 0 aliphatic carbocycles. The summed E-state index contributed by atoms with van der Waals surface area (Å²) in [6.45, 7) is 0.0868. The van der Waals surface area contributed by atoms with Crippen molar-refractivity contribution in [3.05, 3.63) is 35.9 Å². The molecule has 0 aliphatic heterocycles. The molecule has 0 heterocycles. The first-order valence-electron chi connectivity index (χ1n) is 6.77. The second-order valence-corrected chi connectivity index (χ2v) is 4.62. The zero-order valence-corrected chi connectivity index (χ0v) is 12.3. The smallest absolute Gasteiger partial charge is 0.407 e. The molecule has 0 bridgehead atoms. The van der Waals surface area contributed by atoms with Gasteiger partial charge < -0.3 is 19.9 Å². The van der Waals surface area contributed by atoms with Crippen molar-refractivity contribution < 1.29 is 29.0 Å². The zero-order valence-electron chi connectivity index (χ0n) is 12.3. The summed E-state index contributed by atoms with van der Waals surface area (Å²) in [6.07, 6.45) is -0.829. The van der Waals surface area contributed by atoms with Crippen LogP contribution >= 0.6 is 0 Å². The maximum absolute atomic E-state index is 11.7. The molecular formula is C15H19NO6. The number of hydrogen-bond acceptors (Lipinski definition) is 5. The minimum atomic E-state index is -1.07. The molecule has 0 aromatic heterocycles. The van der Waals surface area contributed by atoms with E-state index in [0.29, 0.717) is 0 Å². The number of carboxylic acids is 1. The van der Waals surface area contributed by atoms with Gasteiger partial charge in [0, 0.05) is 12.5 Å². The molecule has 1 aromatic rings. The van der Waals surface area contributed by atoms with Crippen LogP contribution in [0.1, 0.15) is 24.8 Å². The Morgan fingerprint density at radius 3 is 2.50 bits per heavy atom. The second-order valence-electron chi connectivity index (χ2n) is 4.62. The van der Waals surface area contributed by atoms with E-state index in [1.165, 1.54) is 7.11 Å². The van der Waals surface area contributed by atoms with Crippen LogP contribution < -0.4 is 5.32 Å². The van der Waals surface area contributed by atoms with Crippen molar-refractivity contribution in [3.8, 4) is 0 Å². The van der Waals surface area contributed by atoms with Gasteiger partial charge in [-0.2, -0.15) is 0 Å². The van der Waals surface area contributed by atoms with Gasteiger partial charge >= 0.3 is 18.0 Å². The molecule has 0 radical (unpaired) electrons. The van der Waals surface area contributed by atoms with Gasteiger partial charge in [-0.05, 0) is 12.0 Å². The maximum atomic E-state index is 11.7. The Labute approximate surface area is 128 Å². The highest BCUT2D eigenvalue weighted by Gasteiger charge is 2.18. The number of alkyl carbamates (subject to hydrolysis) is 1. The number of carbonyl (C=O) groups excluding carboxylic acids is 2. The summed E-state index contributed by atoms with van der Waals surface area (Å²) >= 11 is 0. The maximum Gasteiger partial charge on any atom is 0.407 e. The Balaban J connectivity index is 2.44.